The largest absolute Gasteiger partial charge is 0.354 e. The van der Waals surface area contributed by atoms with E-state index in [9.17, 15) is 0 Å². The van der Waals surface area contributed by atoms with E-state index in [-0.39, 0.29) is 13.4 Å². The van der Waals surface area contributed by atoms with Crippen molar-refractivity contribution in [3.05, 3.63) is 0 Å². The van der Waals surface area contributed by atoms with Crippen molar-refractivity contribution < 1.29 is 5.11 Å². The zero-order valence-electron chi connectivity index (χ0n) is 4.18. The van der Waals surface area contributed by atoms with Gasteiger partial charge in [0.05, 0.1) is 13.0 Å². The Morgan fingerprint density at radius 3 is 2.00 bits per heavy atom. The lowest BCUT2D eigenvalue weighted by molar-refractivity contribution is 0.280. The van der Waals surface area contributed by atoms with E-state index in [1.54, 1.807) is 6.92 Å². The van der Waals surface area contributed by atoms with E-state index in [1.807, 2.05) is 6.66 Å². The van der Waals surface area contributed by atoms with Gasteiger partial charge in [-0.3, -0.25) is 0 Å². The molecule has 2 unspecified atom stereocenters. The van der Waals surface area contributed by atoms with Crippen LogP contribution < -0.4 is 0 Å². The third-order valence-corrected chi connectivity index (χ3v) is 1.91. The molecule has 2 atom stereocenters. The molecule has 2 heteroatoms. The molecular weight excluding hydrogens is 95.0 g/mol. The Morgan fingerprint density at radius 2 is 2.00 bits per heavy atom. The van der Waals surface area contributed by atoms with E-state index < -0.39 is 0 Å². The summed E-state index contributed by atoms with van der Waals surface area (Å²) in [6.45, 7) is 3.71. The molecule has 36 valence electrons. The van der Waals surface area contributed by atoms with Gasteiger partial charge in [-0.25, -0.2) is 0 Å². The van der Waals surface area contributed by atoms with E-state index in [0.717, 1.165) is 0 Å². The van der Waals surface area contributed by atoms with Crippen molar-refractivity contribution in [2.45, 2.75) is 12.8 Å². The van der Waals surface area contributed by atoms with Crippen LogP contribution in [0.25, 0.3) is 0 Å². The summed E-state index contributed by atoms with van der Waals surface area (Å²) in [7, 11) is -0.354. The molecule has 0 bridgehead atoms. The third kappa shape index (κ3) is 2.37. The van der Waals surface area contributed by atoms with Gasteiger partial charge in [-0.2, -0.15) is 0 Å². The van der Waals surface area contributed by atoms with Gasteiger partial charge < -0.3 is 5.11 Å². The summed E-state index contributed by atoms with van der Waals surface area (Å²) in [4.78, 5) is 0. The Hall–Kier alpha value is 0.130. The standard InChI is InChI=1S/C4H10OP/c1-4(5)6(2)3/h4-5H,2H2,1,3H3/q+1. The molecule has 0 aromatic rings. The van der Waals surface area contributed by atoms with E-state index in [1.165, 1.54) is 0 Å². The van der Waals surface area contributed by atoms with Gasteiger partial charge in [0.2, 0.25) is 5.85 Å². The van der Waals surface area contributed by atoms with Crippen molar-refractivity contribution >= 4 is 13.8 Å². The Balaban J connectivity index is 3.26. The molecule has 0 fully saturated rings. The maximum absolute atomic E-state index is 8.60. The minimum Gasteiger partial charge on any atom is -0.354 e. The zero-order chi connectivity index (χ0) is 5.15. The van der Waals surface area contributed by atoms with Crippen molar-refractivity contribution in [3.63, 3.8) is 0 Å². The second-order valence-corrected chi connectivity index (χ2v) is 3.65. The van der Waals surface area contributed by atoms with Crippen molar-refractivity contribution in [1.82, 2.24) is 0 Å². The lowest BCUT2D eigenvalue weighted by Crippen LogP contribution is -1.88. The fraction of sp³-hybridized carbons (Fsp3) is 0.750. The van der Waals surface area contributed by atoms with Crippen molar-refractivity contribution in [1.29, 1.82) is 0 Å². The molecule has 0 aromatic carbocycles. The lowest BCUT2D eigenvalue weighted by atomic mass is 10.9. The van der Waals surface area contributed by atoms with Crippen LogP contribution in [0.3, 0.4) is 0 Å². The molecule has 0 rings (SSSR count). The second kappa shape index (κ2) is 2.33. The summed E-state index contributed by atoms with van der Waals surface area (Å²) in [5.74, 6) is -0.194. The highest BCUT2D eigenvalue weighted by atomic mass is 31.1. The summed E-state index contributed by atoms with van der Waals surface area (Å²) >= 11 is 0. The first-order valence-corrected chi connectivity index (χ1v) is 3.90. The molecule has 0 aromatic heterocycles. The van der Waals surface area contributed by atoms with Crippen molar-refractivity contribution in [3.8, 4) is 0 Å². The minimum atomic E-state index is -0.354. The molecular formula is C4H10OP+. The minimum absolute atomic E-state index is 0.194. The zero-order valence-corrected chi connectivity index (χ0v) is 5.07. The molecule has 0 aliphatic carbocycles. The molecule has 0 radical (unpaired) electrons. The summed E-state index contributed by atoms with van der Waals surface area (Å²) in [5.41, 5.74) is 0. The van der Waals surface area contributed by atoms with Gasteiger partial charge in [0.1, 0.15) is 7.55 Å². The topological polar surface area (TPSA) is 20.2 Å². The Morgan fingerprint density at radius 1 is 1.83 bits per heavy atom. The van der Waals surface area contributed by atoms with Crippen LogP contribution in [0.4, 0.5) is 0 Å². The number of rotatable bonds is 1. The van der Waals surface area contributed by atoms with E-state index in [2.05, 4.69) is 6.30 Å². The molecule has 0 spiro atoms. The number of aliphatic hydroxyl groups is 1. The fourth-order valence-corrected chi connectivity index (χ4v) is 0. The Bertz CT molecular complexity index is 58.6. The first-order chi connectivity index (χ1) is 2.64. The van der Waals surface area contributed by atoms with Gasteiger partial charge >= 0.3 is 0 Å². The number of aliphatic hydroxyl groups excluding tert-OH is 1. The number of hydrogen-bond acceptors (Lipinski definition) is 1. The molecule has 0 aliphatic heterocycles. The highest BCUT2D eigenvalue weighted by Crippen LogP contribution is 2.17. The average molecular weight is 105 g/mol. The maximum atomic E-state index is 8.60. The summed E-state index contributed by atoms with van der Waals surface area (Å²) in [6.07, 6.45) is 3.65. The molecule has 0 heterocycles. The van der Waals surface area contributed by atoms with Gasteiger partial charge in [0.15, 0.2) is 0 Å². The van der Waals surface area contributed by atoms with Crippen LogP contribution in [0, 0.1) is 0 Å². The highest BCUT2D eigenvalue weighted by molar-refractivity contribution is 7.55. The fourth-order valence-electron chi connectivity index (χ4n) is 0. The molecule has 0 aliphatic rings. The van der Waals surface area contributed by atoms with Gasteiger partial charge in [0, 0.05) is 6.92 Å². The molecule has 0 amide bonds. The van der Waals surface area contributed by atoms with Crippen molar-refractivity contribution in [2.75, 3.05) is 6.66 Å². The maximum Gasteiger partial charge on any atom is 0.208 e. The predicted molar refractivity (Wildman–Crippen MR) is 31.6 cm³/mol. The molecule has 6 heavy (non-hydrogen) atoms. The van der Waals surface area contributed by atoms with Crippen LogP contribution in [0.5, 0.6) is 0 Å². The first-order valence-electron chi connectivity index (χ1n) is 1.86. The number of hydrogen-bond donors (Lipinski definition) is 1. The Labute approximate surface area is 39.4 Å². The van der Waals surface area contributed by atoms with Gasteiger partial charge in [-0.05, 0) is 0 Å². The average Bonchev–Trinajstić information content (AvgIpc) is 1.36. The summed E-state index contributed by atoms with van der Waals surface area (Å²) in [5, 5.41) is 8.60. The van der Waals surface area contributed by atoms with E-state index in [4.69, 9.17) is 5.11 Å². The van der Waals surface area contributed by atoms with E-state index in [0.29, 0.717) is 0 Å². The van der Waals surface area contributed by atoms with Crippen LogP contribution in [-0.2, 0) is 0 Å². The summed E-state index contributed by atoms with van der Waals surface area (Å²) in [6, 6.07) is 0. The lowest BCUT2D eigenvalue weighted by Gasteiger charge is -1.84. The SMILES string of the molecule is C=[P+](C)C(C)O. The summed E-state index contributed by atoms with van der Waals surface area (Å²) < 4.78 is 0. The predicted octanol–water partition coefficient (Wildman–Crippen LogP) is 0.868. The van der Waals surface area contributed by atoms with Crippen LogP contribution >= 0.6 is 7.55 Å². The smallest absolute Gasteiger partial charge is 0.208 e. The quantitative estimate of drug-likeness (QED) is 0.490. The van der Waals surface area contributed by atoms with Crippen LogP contribution in [0.2, 0.25) is 0 Å². The van der Waals surface area contributed by atoms with Gasteiger partial charge in [0.25, 0.3) is 0 Å². The molecule has 0 saturated carbocycles. The van der Waals surface area contributed by atoms with Crippen LogP contribution in [0.1, 0.15) is 6.92 Å². The van der Waals surface area contributed by atoms with Gasteiger partial charge in [-0.1, -0.05) is 0 Å². The molecule has 1 nitrogen and oxygen atoms in total. The monoisotopic (exact) mass is 105 g/mol. The van der Waals surface area contributed by atoms with Crippen LogP contribution in [-0.4, -0.2) is 23.9 Å². The van der Waals surface area contributed by atoms with E-state index >= 15 is 0 Å². The third-order valence-electron chi connectivity index (χ3n) is 0.638. The molecule has 0 saturated heterocycles. The normalized spacial score (nSPS) is 16.8. The van der Waals surface area contributed by atoms with Crippen molar-refractivity contribution in [2.24, 2.45) is 0 Å². The Kier molecular flexibility index (Phi) is 2.38. The highest BCUT2D eigenvalue weighted by Gasteiger charge is 2.02. The molecule has 1 N–H and O–H groups in total. The van der Waals surface area contributed by atoms with Gasteiger partial charge in [-0.15, -0.1) is 0 Å². The van der Waals surface area contributed by atoms with Crippen LogP contribution in [0.15, 0.2) is 0 Å². The second-order valence-electron chi connectivity index (χ2n) is 1.39. The first kappa shape index (κ1) is 6.13.